The van der Waals surface area contributed by atoms with Crippen molar-refractivity contribution < 1.29 is 5.11 Å². The SMILES string of the molecule is CC(C)C[C@H]1NCCN(Cc2ccccc2)C[C@H]1O. The first kappa shape index (κ1) is 14.5. The van der Waals surface area contributed by atoms with Gasteiger partial charge >= 0.3 is 0 Å². The maximum absolute atomic E-state index is 10.3. The predicted octanol–water partition coefficient (Wildman–Crippen LogP) is 1.87. The third-order valence-corrected chi connectivity index (χ3v) is 3.72. The highest BCUT2D eigenvalue weighted by Gasteiger charge is 2.25. The second kappa shape index (κ2) is 7.04. The molecule has 1 aliphatic heterocycles. The second-order valence-corrected chi connectivity index (χ2v) is 5.98. The fourth-order valence-corrected chi connectivity index (χ4v) is 2.76. The first-order valence-electron chi connectivity index (χ1n) is 7.33. The van der Waals surface area contributed by atoms with Crippen molar-refractivity contribution in [2.24, 2.45) is 5.92 Å². The third kappa shape index (κ3) is 4.60. The average molecular weight is 262 g/mol. The summed E-state index contributed by atoms with van der Waals surface area (Å²) in [6, 6.07) is 10.7. The van der Waals surface area contributed by atoms with E-state index >= 15 is 0 Å². The molecule has 1 heterocycles. The summed E-state index contributed by atoms with van der Waals surface area (Å²) < 4.78 is 0. The Bertz CT molecular complexity index is 366. The molecule has 1 fully saturated rings. The highest BCUT2D eigenvalue weighted by atomic mass is 16.3. The van der Waals surface area contributed by atoms with Crippen molar-refractivity contribution in [2.45, 2.75) is 39.0 Å². The Hall–Kier alpha value is -0.900. The van der Waals surface area contributed by atoms with Crippen LogP contribution >= 0.6 is 0 Å². The van der Waals surface area contributed by atoms with E-state index in [0.29, 0.717) is 5.92 Å². The molecule has 0 aromatic heterocycles. The summed E-state index contributed by atoms with van der Waals surface area (Å²) in [6.07, 6.45) is 0.772. The molecule has 2 atom stereocenters. The lowest BCUT2D eigenvalue weighted by atomic mass is 9.99. The monoisotopic (exact) mass is 262 g/mol. The van der Waals surface area contributed by atoms with Gasteiger partial charge in [0.2, 0.25) is 0 Å². The number of nitrogens with one attached hydrogen (secondary N) is 1. The first-order chi connectivity index (χ1) is 9.15. The number of nitrogens with zero attached hydrogens (tertiary/aromatic N) is 1. The van der Waals surface area contributed by atoms with Crippen molar-refractivity contribution in [1.29, 1.82) is 0 Å². The summed E-state index contributed by atoms with van der Waals surface area (Å²) in [5.41, 5.74) is 1.32. The van der Waals surface area contributed by atoms with E-state index in [0.717, 1.165) is 32.6 Å². The molecule has 0 unspecified atom stereocenters. The number of hydrogen-bond acceptors (Lipinski definition) is 3. The van der Waals surface area contributed by atoms with E-state index in [1.54, 1.807) is 0 Å². The van der Waals surface area contributed by atoms with Gasteiger partial charge in [0.05, 0.1) is 6.10 Å². The van der Waals surface area contributed by atoms with Gasteiger partial charge in [0.1, 0.15) is 0 Å². The zero-order valence-electron chi connectivity index (χ0n) is 12.0. The van der Waals surface area contributed by atoms with Crippen LogP contribution in [0.1, 0.15) is 25.8 Å². The van der Waals surface area contributed by atoms with Gasteiger partial charge in [-0.2, -0.15) is 0 Å². The normalized spacial score (nSPS) is 25.5. The Morgan fingerprint density at radius 3 is 2.74 bits per heavy atom. The Kier molecular flexibility index (Phi) is 5.37. The molecule has 1 saturated heterocycles. The van der Waals surface area contributed by atoms with Crippen molar-refractivity contribution in [3.63, 3.8) is 0 Å². The van der Waals surface area contributed by atoms with Crippen LogP contribution in [0.3, 0.4) is 0 Å². The zero-order valence-corrected chi connectivity index (χ0v) is 12.0. The van der Waals surface area contributed by atoms with Crippen molar-refractivity contribution in [3.05, 3.63) is 35.9 Å². The van der Waals surface area contributed by atoms with E-state index in [4.69, 9.17) is 0 Å². The van der Waals surface area contributed by atoms with Crippen LogP contribution < -0.4 is 5.32 Å². The number of hydrogen-bond donors (Lipinski definition) is 2. The van der Waals surface area contributed by atoms with Crippen molar-refractivity contribution in [3.8, 4) is 0 Å². The Morgan fingerprint density at radius 2 is 2.05 bits per heavy atom. The molecule has 0 saturated carbocycles. The lowest BCUT2D eigenvalue weighted by Crippen LogP contribution is -2.42. The molecule has 0 aliphatic carbocycles. The molecule has 1 aliphatic rings. The van der Waals surface area contributed by atoms with Gasteiger partial charge in [-0.15, -0.1) is 0 Å². The van der Waals surface area contributed by atoms with Gasteiger partial charge in [-0.1, -0.05) is 44.2 Å². The molecule has 0 spiro atoms. The Balaban J connectivity index is 1.91. The molecular weight excluding hydrogens is 236 g/mol. The standard InChI is InChI=1S/C16H26N2O/c1-13(2)10-15-16(19)12-18(9-8-17-15)11-14-6-4-3-5-7-14/h3-7,13,15-17,19H,8-12H2,1-2H3/t15-,16-/m1/s1. The van der Waals surface area contributed by atoms with Crippen LogP contribution in [0.25, 0.3) is 0 Å². The molecule has 0 radical (unpaired) electrons. The summed E-state index contributed by atoms with van der Waals surface area (Å²) in [7, 11) is 0. The van der Waals surface area contributed by atoms with Crippen molar-refractivity contribution >= 4 is 0 Å². The van der Waals surface area contributed by atoms with E-state index in [2.05, 4.69) is 48.3 Å². The van der Waals surface area contributed by atoms with Gasteiger partial charge in [-0.3, -0.25) is 4.90 Å². The van der Waals surface area contributed by atoms with Gasteiger partial charge in [0.15, 0.2) is 0 Å². The molecule has 0 bridgehead atoms. The van der Waals surface area contributed by atoms with Crippen molar-refractivity contribution in [2.75, 3.05) is 19.6 Å². The molecule has 1 aromatic rings. The molecule has 19 heavy (non-hydrogen) atoms. The minimum Gasteiger partial charge on any atom is -0.390 e. The lowest BCUT2D eigenvalue weighted by Gasteiger charge is -2.25. The third-order valence-electron chi connectivity index (χ3n) is 3.72. The number of benzene rings is 1. The Labute approximate surface area is 116 Å². The smallest absolute Gasteiger partial charge is 0.0820 e. The van der Waals surface area contributed by atoms with Crippen LogP contribution in [0.2, 0.25) is 0 Å². The van der Waals surface area contributed by atoms with Crippen LogP contribution in [0.15, 0.2) is 30.3 Å². The average Bonchev–Trinajstić information content (AvgIpc) is 2.53. The zero-order chi connectivity index (χ0) is 13.7. The van der Waals surface area contributed by atoms with E-state index in [-0.39, 0.29) is 12.1 Å². The molecule has 0 amide bonds. The molecular formula is C16H26N2O. The van der Waals surface area contributed by atoms with Gasteiger partial charge in [0.25, 0.3) is 0 Å². The summed E-state index contributed by atoms with van der Waals surface area (Å²) in [5.74, 6) is 0.618. The van der Waals surface area contributed by atoms with Gasteiger partial charge in [0, 0.05) is 32.2 Å². The Morgan fingerprint density at radius 1 is 1.32 bits per heavy atom. The molecule has 3 heteroatoms. The fourth-order valence-electron chi connectivity index (χ4n) is 2.76. The maximum atomic E-state index is 10.3. The van der Waals surface area contributed by atoms with E-state index in [9.17, 15) is 5.11 Å². The predicted molar refractivity (Wildman–Crippen MR) is 79.0 cm³/mol. The summed E-state index contributed by atoms with van der Waals surface area (Å²) in [5, 5.41) is 13.8. The lowest BCUT2D eigenvalue weighted by molar-refractivity contribution is 0.0906. The molecule has 106 valence electrons. The summed E-state index contributed by atoms with van der Waals surface area (Å²) in [4.78, 5) is 2.34. The van der Waals surface area contributed by atoms with Gasteiger partial charge in [-0.25, -0.2) is 0 Å². The highest BCUT2D eigenvalue weighted by Crippen LogP contribution is 2.13. The topological polar surface area (TPSA) is 35.5 Å². The highest BCUT2D eigenvalue weighted by molar-refractivity contribution is 5.14. The number of aliphatic hydroxyl groups is 1. The minimum atomic E-state index is -0.270. The van der Waals surface area contributed by atoms with Crippen LogP contribution in [0, 0.1) is 5.92 Å². The number of β-amino-alcohol motifs (C(OH)–C–C–N with tert-alkyl or cyclic N) is 1. The molecule has 2 N–H and O–H groups in total. The maximum Gasteiger partial charge on any atom is 0.0820 e. The molecule has 1 aromatic carbocycles. The second-order valence-electron chi connectivity index (χ2n) is 5.98. The van der Waals surface area contributed by atoms with E-state index < -0.39 is 0 Å². The van der Waals surface area contributed by atoms with Crippen molar-refractivity contribution in [1.82, 2.24) is 10.2 Å². The summed E-state index contributed by atoms with van der Waals surface area (Å²) in [6.45, 7) is 8.07. The van der Waals surface area contributed by atoms with Gasteiger partial charge in [-0.05, 0) is 17.9 Å². The van der Waals surface area contributed by atoms with Crippen LogP contribution in [0.5, 0.6) is 0 Å². The fraction of sp³-hybridized carbons (Fsp3) is 0.625. The quantitative estimate of drug-likeness (QED) is 0.869. The largest absolute Gasteiger partial charge is 0.390 e. The molecule has 3 nitrogen and oxygen atoms in total. The number of rotatable bonds is 4. The van der Waals surface area contributed by atoms with Crippen LogP contribution in [-0.4, -0.2) is 41.8 Å². The van der Waals surface area contributed by atoms with Crippen LogP contribution in [-0.2, 0) is 6.54 Å². The van der Waals surface area contributed by atoms with Crippen LogP contribution in [0.4, 0.5) is 0 Å². The summed E-state index contributed by atoms with van der Waals surface area (Å²) >= 11 is 0. The van der Waals surface area contributed by atoms with Gasteiger partial charge < -0.3 is 10.4 Å². The van der Waals surface area contributed by atoms with E-state index in [1.165, 1.54) is 5.56 Å². The van der Waals surface area contributed by atoms with E-state index in [1.807, 2.05) is 6.07 Å². The molecule has 2 rings (SSSR count). The number of aliphatic hydroxyl groups excluding tert-OH is 1. The first-order valence-corrected chi connectivity index (χ1v) is 7.33. The minimum absolute atomic E-state index is 0.237.